The summed E-state index contributed by atoms with van der Waals surface area (Å²) in [4.78, 5) is 0. The average Bonchev–Trinajstić information content (AvgIpc) is 2.27. The zero-order valence-electron chi connectivity index (χ0n) is 9.81. The Labute approximate surface area is 113 Å². The minimum Gasteiger partial charge on any atom is -0.496 e. The summed E-state index contributed by atoms with van der Waals surface area (Å²) >= 11 is 0. The molecule has 0 amide bonds. The van der Waals surface area contributed by atoms with Crippen LogP contribution in [0.3, 0.4) is 0 Å². The van der Waals surface area contributed by atoms with Crippen LogP contribution in [0.4, 0.5) is 13.2 Å². The molecule has 19 heavy (non-hydrogen) atoms. The van der Waals surface area contributed by atoms with Gasteiger partial charge in [-0.25, -0.2) is 0 Å². The summed E-state index contributed by atoms with van der Waals surface area (Å²) < 4.78 is 42.7. The summed E-state index contributed by atoms with van der Waals surface area (Å²) in [5.41, 5.74) is 9.34. The van der Waals surface area contributed by atoms with Gasteiger partial charge in [-0.1, -0.05) is 0 Å². The van der Waals surface area contributed by atoms with Crippen LogP contribution in [0.2, 0.25) is 0 Å². The lowest BCUT2D eigenvalue weighted by molar-refractivity contribution is -0.138. The molecule has 0 aliphatic heterocycles. The van der Waals surface area contributed by atoms with Gasteiger partial charge in [-0.05, 0) is 23.8 Å². The van der Waals surface area contributed by atoms with E-state index in [1.54, 1.807) is 0 Å². The lowest BCUT2D eigenvalue weighted by Crippen LogP contribution is -2.21. The topological polar surface area (TPSA) is 86.0 Å². The third-order valence-corrected chi connectivity index (χ3v) is 1.91. The van der Waals surface area contributed by atoms with Crippen LogP contribution in [0.1, 0.15) is 11.1 Å². The van der Waals surface area contributed by atoms with E-state index >= 15 is 0 Å². The van der Waals surface area contributed by atoms with E-state index in [2.05, 4.69) is 14.9 Å². The summed E-state index contributed by atoms with van der Waals surface area (Å²) in [6.07, 6.45) is -3.40. The van der Waals surface area contributed by atoms with E-state index in [1.807, 2.05) is 0 Å². The van der Waals surface area contributed by atoms with Gasteiger partial charge in [0.15, 0.2) is 0 Å². The highest BCUT2D eigenvalue weighted by atomic mass is 35.5. The number of methoxy groups -OCH3 is 1. The van der Waals surface area contributed by atoms with E-state index < -0.39 is 11.7 Å². The molecule has 0 spiro atoms. The van der Waals surface area contributed by atoms with Gasteiger partial charge in [0, 0.05) is 0 Å². The van der Waals surface area contributed by atoms with Gasteiger partial charge >= 0.3 is 6.18 Å². The Kier molecular flexibility index (Phi) is 6.13. The molecular formula is C10H12ClF3N4O. The maximum atomic E-state index is 12.7. The minimum atomic E-state index is -4.51. The van der Waals surface area contributed by atoms with Crippen LogP contribution in [0.5, 0.6) is 5.75 Å². The molecular weight excluding hydrogens is 285 g/mol. The molecule has 0 radical (unpaired) electrons. The van der Waals surface area contributed by atoms with Gasteiger partial charge in [-0.3, -0.25) is 0 Å². The van der Waals surface area contributed by atoms with Crippen molar-refractivity contribution in [3.05, 3.63) is 29.3 Å². The Bertz CT molecular complexity index is 484. The molecule has 1 aromatic rings. The zero-order valence-corrected chi connectivity index (χ0v) is 10.6. The Hall–Kier alpha value is -1.96. The second kappa shape index (κ2) is 6.83. The van der Waals surface area contributed by atoms with Gasteiger partial charge in [0.25, 0.3) is 0 Å². The normalized spacial score (nSPS) is 10.9. The molecule has 0 heterocycles. The fourth-order valence-electron chi connectivity index (χ4n) is 1.19. The van der Waals surface area contributed by atoms with Gasteiger partial charge in [0.2, 0.25) is 5.96 Å². The molecule has 0 atom stereocenters. The first-order chi connectivity index (χ1) is 8.34. The van der Waals surface area contributed by atoms with Crippen molar-refractivity contribution < 1.29 is 17.9 Å². The van der Waals surface area contributed by atoms with Crippen molar-refractivity contribution in [3.8, 4) is 5.75 Å². The summed E-state index contributed by atoms with van der Waals surface area (Å²) in [5.74, 6) is -0.544. The molecule has 106 valence electrons. The molecule has 0 fully saturated rings. The smallest absolute Gasteiger partial charge is 0.419 e. The van der Waals surface area contributed by atoms with Crippen molar-refractivity contribution in [2.45, 2.75) is 6.18 Å². The van der Waals surface area contributed by atoms with E-state index in [9.17, 15) is 13.2 Å². The maximum absolute atomic E-state index is 12.7. The minimum absolute atomic E-state index is 0. The van der Waals surface area contributed by atoms with E-state index in [1.165, 1.54) is 12.1 Å². The summed E-state index contributed by atoms with van der Waals surface area (Å²) in [7, 11) is 1.16. The third kappa shape index (κ3) is 5.04. The van der Waals surface area contributed by atoms with Gasteiger partial charge in [0.05, 0.1) is 18.9 Å². The molecule has 5 nitrogen and oxygen atoms in total. The molecule has 0 aliphatic rings. The number of hydrogen-bond donors (Lipinski definition) is 2. The average molecular weight is 297 g/mol. The van der Waals surface area contributed by atoms with E-state index in [-0.39, 0.29) is 29.7 Å². The number of alkyl halides is 3. The van der Waals surface area contributed by atoms with Crippen molar-refractivity contribution in [3.63, 3.8) is 0 Å². The van der Waals surface area contributed by atoms with Crippen LogP contribution >= 0.6 is 12.4 Å². The van der Waals surface area contributed by atoms with E-state index in [0.717, 1.165) is 19.4 Å². The SMILES string of the molecule is COc1ccc(/C=N/N=C(N)N)cc1C(F)(F)F.Cl. The van der Waals surface area contributed by atoms with Crippen molar-refractivity contribution in [2.24, 2.45) is 21.7 Å². The van der Waals surface area contributed by atoms with Gasteiger partial charge in [-0.15, -0.1) is 17.5 Å². The number of guanidine groups is 1. The van der Waals surface area contributed by atoms with Crippen molar-refractivity contribution in [1.29, 1.82) is 0 Å². The monoisotopic (exact) mass is 296 g/mol. The predicted octanol–water partition coefficient (Wildman–Crippen LogP) is 1.74. The van der Waals surface area contributed by atoms with Gasteiger partial charge in [-0.2, -0.15) is 18.3 Å². The van der Waals surface area contributed by atoms with Crippen LogP contribution in [0, 0.1) is 0 Å². The van der Waals surface area contributed by atoms with Crippen LogP contribution in [0.15, 0.2) is 28.4 Å². The lowest BCUT2D eigenvalue weighted by Gasteiger charge is -2.11. The number of ether oxygens (including phenoxy) is 1. The quantitative estimate of drug-likeness (QED) is 0.506. The van der Waals surface area contributed by atoms with Crippen LogP contribution in [0.25, 0.3) is 0 Å². The first-order valence-electron chi connectivity index (χ1n) is 4.72. The second-order valence-electron chi connectivity index (χ2n) is 3.23. The van der Waals surface area contributed by atoms with E-state index in [4.69, 9.17) is 11.5 Å². The Morgan fingerprint density at radius 2 is 1.95 bits per heavy atom. The number of rotatable bonds is 3. The fraction of sp³-hybridized carbons (Fsp3) is 0.200. The zero-order chi connectivity index (χ0) is 13.8. The predicted molar refractivity (Wildman–Crippen MR) is 68.6 cm³/mol. The molecule has 0 saturated heterocycles. The molecule has 9 heteroatoms. The molecule has 0 aliphatic carbocycles. The number of nitrogens with two attached hydrogens (primary N) is 2. The highest BCUT2D eigenvalue weighted by Gasteiger charge is 2.34. The molecule has 1 rings (SSSR count). The number of halogens is 4. The molecule has 0 saturated carbocycles. The maximum Gasteiger partial charge on any atom is 0.419 e. The fourth-order valence-corrected chi connectivity index (χ4v) is 1.19. The van der Waals surface area contributed by atoms with Gasteiger partial charge in [0.1, 0.15) is 5.75 Å². The highest BCUT2D eigenvalue weighted by Crippen LogP contribution is 2.36. The molecule has 0 bridgehead atoms. The summed E-state index contributed by atoms with van der Waals surface area (Å²) in [5, 5.41) is 6.71. The number of benzene rings is 1. The molecule has 1 aromatic carbocycles. The third-order valence-electron chi connectivity index (χ3n) is 1.91. The van der Waals surface area contributed by atoms with Crippen molar-refractivity contribution in [2.75, 3.05) is 7.11 Å². The number of nitrogens with zero attached hydrogens (tertiary/aromatic N) is 2. The second-order valence-corrected chi connectivity index (χ2v) is 3.23. The van der Waals surface area contributed by atoms with Gasteiger partial charge < -0.3 is 16.2 Å². The summed E-state index contributed by atoms with van der Waals surface area (Å²) in [6.45, 7) is 0. The standard InChI is InChI=1S/C10H11F3N4O.ClH/c1-18-8-3-2-6(5-16-17-9(14)15)4-7(8)10(11,12)13;/h2-5H,1H3,(H4,14,15,17);1H/b16-5+;. The molecule has 0 aromatic heterocycles. The number of hydrogen-bond acceptors (Lipinski definition) is 3. The van der Waals surface area contributed by atoms with Crippen LogP contribution in [-0.4, -0.2) is 19.3 Å². The van der Waals surface area contributed by atoms with E-state index in [0.29, 0.717) is 0 Å². The molecule has 0 unspecified atom stereocenters. The first kappa shape index (κ1) is 17.0. The Morgan fingerprint density at radius 3 is 2.42 bits per heavy atom. The Morgan fingerprint density at radius 1 is 1.32 bits per heavy atom. The largest absolute Gasteiger partial charge is 0.496 e. The van der Waals surface area contributed by atoms with Crippen LogP contribution in [-0.2, 0) is 6.18 Å². The lowest BCUT2D eigenvalue weighted by atomic mass is 10.1. The highest BCUT2D eigenvalue weighted by molar-refractivity contribution is 5.85. The van der Waals surface area contributed by atoms with Crippen molar-refractivity contribution >= 4 is 24.6 Å². The Balaban J connectivity index is 0.00000324. The first-order valence-corrected chi connectivity index (χ1v) is 4.72. The van der Waals surface area contributed by atoms with Crippen LogP contribution < -0.4 is 16.2 Å². The summed E-state index contributed by atoms with van der Waals surface area (Å²) in [6, 6.07) is 3.49. The van der Waals surface area contributed by atoms with Crippen molar-refractivity contribution in [1.82, 2.24) is 0 Å². The molecule has 4 N–H and O–H groups in total.